The molecule has 2 N–H and O–H groups in total. The predicted molar refractivity (Wildman–Crippen MR) is 66.9 cm³/mol. The standard InChI is InChI=1S/C9H17NO2.C3H5F2NO/c1-9(2,3)12-8(11)10-6-4-5-7-10;1-3(4,5)2(6)7/h4-7H2,1-3H3;1H3,(H2,6,7). The van der Waals surface area contributed by atoms with E-state index in [0.29, 0.717) is 6.92 Å². The number of ether oxygens (including phenoxy) is 1. The van der Waals surface area contributed by atoms with Crippen molar-refractivity contribution in [1.82, 2.24) is 4.90 Å². The topological polar surface area (TPSA) is 72.6 Å². The summed E-state index contributed by atoms with van der Waals surface area (Å²) in [5, 5.41) is 0. The van der Waals surface area contributed by atoms with Gasteiger partial charge in [0.25, 0.3) is 5.91 Å². The van der Waals surface area contributed by atoms with Crippen molar-refractivity contribution >= 4 is 12.0 Å². The van der Waals surface area contributed by atoms with Gasteiger partial charge >= 0.3 is 12.0 Å². The Balaban J connectivity index is 0.000000399. The highest BCUT2D eigenvalue weighted by Gasteiger charge is 2.28. The molecule has 0 saturated carbocycles. The van der Waals surface area contributed by atoms with Crippen LogP contribution in [0.15, 0.2) is 0 Å². The Hall–Kier alpha value is -1.40. The summed E-state index contributed by atoms with van der Waals surface area (Å²) in [6.45, 7) is 7.84. The second kappa shape index (κ2) is 6.68. The second-order valence-electron chi connectivity index (χ2n) is 5.43. The minimum atomic E-state index is -3.36. The first-order valence-electron chi connectivity index (χ1n) is 6.09. The molecule has 112 valence electrons. The number of nitrogens with zero attached hydrogens (tertiary/aromatic N) is 1. The molecule has 1 saturated heterocycles. The molecule has 1 fully saturated rings. The number of carbonyl (C=O) groups excluding carboxylic acids is 2. The van der Waals surface area contributed by atoms with E-state index in [1.54, 1.807) is 4.90 Å². The fourth-order valence-electron chi connectivity index (χ4n) is 1.23. The summed E-state index contributed by atoms with van der Waals surface area (Å²) in [4.78, 5) is 22.6. The summed E-state index contributed by atoms with van der Waals surface area (Å²) in [7, 11) is 0. The third-order valence-corrected chi connectivity index (χ3v) is 2.19. The maximum Gasteiger partial charge on any atom is 0.410 e. The highest BCUT2D eigenvalue weighted by molar-refractivity contribution is 5.80. The zero-order valence-corrected chi connectivity index (χ0v) is 11.8. The molecule has 1 aliphatic heterocycles. The average molecular weight is 280 g/mol. The van der Waals surface area contributed by atoms with Gasteiger partial charge in [-0.15, -0.1) is 0 Å². The van der Waals surface area contributed by atoms with Gasteiger partial charge in [0.2, 0.25) is 0 Å². The molecule has 0 unspecified atom stereocenters. The highest BCUT2D eigenvalue weighted by atomic mass is 19.3. The van der Waals surface area contributed by atoms with Crippen molar-refractivity contribution < 1.29 is 23.1 Å². The van der Waals surface area contributed by atoms with Gasteiger partial charge in [-0.05, 0) is 33.6 Å². The van der Waals surface area contributed by atoms with Crippen molar-refractivity contribution in [3.8, 4) is 0 Å². The molecule has 1 heterocycles. The molecule has 7 heteroatoms. The first-order chi connectivity index (χ1) is 8.43. The van der Waals surface area contributed by atoms with Gasteiger partial charge in [-0.2, -0.15) is 8.78 Å². The molecule has 0 aromatic heterocycles. The number of amides is 2. The molecule has 2 amide bonds. The van der Waals surface area contributed by atoms with Crippen molar-refractivity contribution in [1.29, 1.82) is 0 Å². The van der Waals surface area contributed by atoms with E-state index in [1.807, 2.05) is 20.8 Å². The molecule has 0 aromatic carbocycles. The van der Waals surface area contributed by atoms with Gasteiger partial charge in [0.1, 0.15) is 5.60 Å². The number of likely N-dealkylation sites (tertiary alicyclic amines) is 1. The van der Waals surface area contributed by atoms with E-state index in [4.69, 9.17) is 4.74 Å². The van der Waals surface area contributed by atoms with Gasteiger partial charge in [0, 0.05) is 20.0 Å². The van der Waals surface area contributed by atoms with Gasteiger partial charge in [-0.3, -0.25) is 4.79 Å². The van der Waals surface area contributed by atoms with E-state index in [2.05, 4.69) is 5.73 Å². The number of rotatable bonds is 1. The maximum absolute atomic E-state index is 11.4. The summed E-state index contributed by atoms with van der Waals surface area (Å²) >= 11 is 0. The average Bonchev–Trinajstić information content (AvgIpc) is 2.66. The third kappa shape index (κ3) is 8.34. The lowest BCUT2D eigenvalue weighted by Gasteiger charge is -2.23. The molecular formula is C12H22F2N2O3. The zero-order chi connectivity index (χ0) is 15.3. The lowest BCUT2D eigenvalue weighted by Crippen LogP contribution is -2.34. The number of halogens is 2. The molecule has 0 radical (unpaired) electrons. The van der Waals surface area contributed by atoms with Crippen molar-refractivity contribution in [2.24, 2.45) is 5.73 Å². The SMILES string of the molecule is CC(C)(C)OC(=O)N1CCCC1.CC(F)(F)C(N)=O. The number of carbonyl (C=O) groups is 2. The van der Waals surface area contributed by atoms with Crippen molar-refractivity contribution in [3.63, 3.8) is 0 Å². The largest absolute Gasteiger partial charge is 0.444 e. The van der Waals surface area contributed by atoms with E-state index in [9.17, 15) is 18.4 Å². The molecule has 0 aliphatic carbocycles. The van der Waals surface area contributed by atoms with Crippen LogP contribution in [0, 0.1) is 0 Å². The van der Waals surface area contributed by atoms with Crippen LogP contribution in [0.2, 0.25) is 0 Å². The van der Waals surface area contributed by atoms with Crippen molar-refractivity contribution in [3.05, 3.63) is 0 Å². The summed E-state index contributed by atoms with van der Waals surface area (Å²) in [5.74, 6) is -4.95. The molecule has 19 heavy (non-hydrogen) atoms. The van der Waals surface area contributed by atoms with E-state index in [1.165, 1.54) is 0 Å². The lowest BCUT2D eigenvalue weighted by molar-refractivity contribution is -0.139. The second-order valence-corrected chi connectivity index (χ2v) is 5.43. The Labute approximate surface area is 112 Å². The first kappa shape index (κ1) is 17.6. The summed E-state index contributed by atoms with van der Waals surface area (Å²) in [6, 6.07) is 0. The van der Waals surface area contributed by atoms with E-state index in [0.717, 1.165) is 25.9 Å². The fourth-order valence-corrected chi connectivity index (χ4v) is 1.23. The molecule has 1 aliphatic rings. The van der Waals surface area contributed by atoms with Crippen LogP contribution in [0.4, 0.5) is 13.6 Å². The number of alkyl halides is 2. The fraction of sp³-hybridized carbons (Fsp3) is 0.833. The van der Waals surface area contributed by atoms with Gasteiger partial charge in [0.15, 0.2) is 0 Å². The predicted octanol–water partition coefficient (Wildman–Crippen LogP) is 2.14. The molecular weight excluding hydrogens is 258 g/mol. The van der Waals surface area contributed by atoms with Gasteiger partial charge < -0.3 is 15.4 Å². The zero-order valence-electron chi connectivity index (χ0n) is 11.8. The lowest BCUT2D eigenvalue weighted by atomic mass is 10.2. The normalized spacial score (nSPS) is 15.6. The van der Waals surface area contributed by atoms with Gasteiger partial charge in [-0.1, -0.05) is 0 Å². The number of hydrogen-bond acceptors (Lipinski definition) is 3. The monoisotopic (exact) mass is 280 g/mol. The van der Waals surface area contributed by atoms with Crippen molar-refractivity contribution in [2.75, 3.05) is 13.1 Å². The first-order valence-corrected chi connectivity index (χ1v) is 6.09. The highest BCUT2D eigenvalue weighted by Crippen LogP contribution is 2.14. The molecule has 1 rings (SSSR count). The summed E-state index contributed by atoms with van der Waals surface area (Å²) < 4.78 is 27.9. The van der Waals surface area contributed by atoms with Crippen LogP contribution >= 0.6 is 0 Å². The minimum absolute atomic E-state index is 0.167. The number of nitrogens with two attached hydrogens (primary N) is 1. The Morgan fingerprint density at radius 2 is 1.47 bits per heavy atom. The van der Waals surface area contributed by atoms with Crippen LogP contribution in [-0.2, 0) is 9.53 Å². The van der Waals surface area contributed by atoms with Crippen LogP contribution in [-0.4, -0.2) is 41.5 Å². The van der Waals surface area contributed by atoms with Crippen LogP contribution in [0.5, 0.6) is 0 Å². The Morgan fingerprint density at radius 3 is 1.74 bits per heavy atom. The number of primary amides is 1. The van der Waals surface area contributed by atoms with Crippen LogP contribution in [0.3, 0.4) is 0 Å². The van der Waals surface area contributed by atoms with Gasteiger partial charge in [-0.25, -0.2) is 4.79 Å². The third-order valence-electron chi connectivity index (χ3n) is 2.19. The minimum Gasteiger partial charge on any atom is -0.444 e. The van der Waals surface area contributed by atoms with Crippen LogP contribution in [0.1, 0.15) is 40.5 Å². The molecule has 0 aromatic rings. The summed E-state index contributed by atoms with van der Waals surface area (Å²) in [6.07, 6.45) is 2.05. The molecule has 0 atom stereocenters. The van der Waals surface area contributed by atoms with Crippen LogP contribution in [0.25, 0.3) is 0 Å². The number of hydrogen-bond donors (Lipinski definition) is 1. The molecule has 0 spiro atoms. The molecule has 5 nitrogen and oxygen atoms in total. The van der Waals surface area contributed by atoms with Crippen LogP contribution < -0.4 is 5.73 Å². The van der Waals surface area contributed by atoms with Crippen molar-refractivity contribution in [2.45, 2.75) is 52.1 Å². The summed E-state index contributed by atoms with van der Waals surface area (Å²) in [5.41, 5.74) is 3.82. The Bertz CT molecular complexity index is 316. The van der Waals surface area contributed by atoms with E-state index < -0.39 is 11.8 Å². The quantitative estimate of drug-likeness (QED) is 0.799. The van der Waals surface area contributed by atoms with E-state index in [-0.39, 0.29) is 11.7 Å². The van der Waals surface area contributed by atoms with Gasteiger partial charge in [0.05, 0.1) is 0 Å². The maximum atomic E-state index is 11.4. The Kier molecular flexibility index (Phi) is 6.18. The Morgan fingerprint density at radius 1 is 1.11 bits per heavy atom. The molecule has 0 bridgehead atoms. The van der Waals surface area contributed by atoms with E-state index >= 15 is 0 Å². The smallest absolute Gasteiger partial charge is 0.410 e.